The monoisotopic (exact) mass is 1300 g/mol. The summed E-state index contributed by atoms with van der Waals surface area (Å²) in [7, 11) is 0. The van der Waals surface area contributed by atoms with Gasteiger partial charge >= 0.3 is 11.9 Å². The van der Waals surface area contributed by atoms with Crippen LogP contribution in [-0.4, -0.2) is 181 Å². The normalized spacial score (nSPS) is 16.0. The zero-order valence-corrected chi connectivity index (χ0v) is 52.9. The number of aromatic amines is 2. The lowest BCUT2D eigenvalue weighted by atomic mass is 9.99. The number of benzene rings is 3. The van der Waals surface area contributed by atoms with Gasteiger partial charge in [0, 0.05) is 77.9 Å². The number of aliphatic carboxylic acids is 2. The Labute approximate surface area is 536 Å². The maximum absolute atomic E-state index is 14.8. The van der Waals surface area contributed by atoms with Crippen LogP contribution < -0.4 is 53.6 Å². The number of hydrogen-bond donors (Lipinski definition) is 16. The molecule has 0 radical (unpaired) electrons. The van der Waals surface area contributed by atoms with Crippen LogP contribution in [0, 0.1) is 11.8 Å². The third kappa shape index (κ3) is 20.0. The van der Waals surface area contributed by atoms with E-state index in [9.17, 15) is 67.7 Å². The van der Waals surface area contributed by atoms with Crippen molar-refractivity contribution in [3.05, 3.63) is 108 Å². The van der Waals surface area contributed by atoms with Crippen LogP contribution in [0.3, 0.4) is 0 Å². The largest absolute Gasteiger partial charge is 0.481 e. The molecule has 0 bridgehead atoms. The number of amides is 10. The van der Waals surface area contributed by atoms with Crippen LogP contribution in [0.4, 0.5) is 0 Å². The van der Waals surface area contributed by atoms with Crippen molar-refractivity contribution in [1.29, 1.82) is 0 Å². The Morgan fingerprint density at radius 2 is 1.08 bits per heavy atom. The number of likely N-dealkylation sites (tertiary alicyclic amines) is 1. The summed E-state index contributed by atoms with van der Waals surface area (Å²) in [5.74, 6) is -11.9. The second kappa shape index (κ2) is 33.7. The van der Waals surface area contributed by atoms with E-state index in [-0.39, 0.29) is 50.2 Å². The molecule has 29 heteroatoms. The summed E-state index contributed by atoms with van der Waals surface area (Å²) >= 11 is 8.01. The summed E-state index contributed by atoms with van der Waals surface area (Å²) in [6.45, 7) is 7.34. The smallest absolute Gasteiger partial charge is 0.327 e. The zero-order chi connectivity index (χ0) is 66.6. The van der Waals surface area contributed by atoms with Crippen molar-refractivity contribution < 1.29 is 67.7 Å². The molecule has 3 heterocycles. The van der Waals surface area contributed by atoms with Crippen LogP contribution in [0.1, 0.15) is 77.0 Å². The highest BCUT2D eigenvalue weighted by Crippen LogP contribution is 2.24. The highest BCUT2D eigenvalue weighted by Gasteiger charge is 2.41. The zero-order valence-electron chi connectivity index (χ0n) is 51.1. The molecule has 6 rings (SSSR count). The molecule has 0 unspecified atom stereocenters. The third-order valence-electron chi connectivity index (χ3n) is 15.5. The van der Waals surface area contributed by atoms with Crippen molar-refractivity contribution in [1.82, 2.24) is 62.7 Å². The number of nitrogens with one attached hydrogen (secondary N) is 11. The first-order chi connectivity index (χ1) is 43.3. The Bertz CT molecular complexity index is 3430. The number of rotatable bonds is 33. The summed E-state index contributed by atoms with van der Waals surface area (Å²) in [5.41, 5.74) is 9.15. The minimum atomic E-state index is -1.42. The second-order valence-electron chi connectivity index (χ2n) is 23.0. The number of carbonyl (C=O) groups is 12. The number of carbonyl (C=O) groups excluding carboxylic acids is 10. The Kier molecular flexibility index (Phi) is 26.4. The van der Waals surface area contributed by atoms with Crippen molar-refractivity contribution in [2.75, 3.05) is 24.6 Å². The topological polar surface area (TPSA) is 414 Å². The number of H-pyrrole nitrogens is 2. The van der Waals surface area contributed by atoms with E-state index < -0.39 is 156 Å². The molecule has 0 aliphatic carbocycles. The van der Waals surface area contributed by atoms with E-state index in [1.807, 2.05) is 24.3 Å². The van der Waals surface area contributed by atoms with Crippen LogP contribution in [0.25, 0.3) is 21.8 Å². The van der Waals surface area contributed by atoms with Gasteiger partial charge in [-0.3, -0.25) is 52.7 Å². The molecule has 1 saturated heterocycles. The Morgan fingerprint density at radius 1 is 0.560 bits per heavy atom. The van der Waals surface area contributed by atoms with Crippen LogP contribution in [0.15, 0.2) is 91.3 Å². The second-order valence-corrected chi connectivity index (χ2v) is 23.8. The minimum absolute atomic E-state index is 0.0613. The molecule has 1 fully saturated rings. The van der Waals surface area contributed by atoms with Gasteiger partial charge in [-0.1, -0.05) is 94.4 Å². The molecule has 10 amide bonds. The molecule has 1 aliphatic heterocycles. The number of nitrogens with two attached hydrogens (primary N) is 1. The molecule has 91 heavy (non-hydrogen) atoms. The van der Waals surface area contributed by atoms with Crippen LogP contribution >= 0.6 is 25.3 Å². The quantitative estimate of drug-likeness (QED) is 0.0248. The molecular weight excluding hydrogens is 1210 g/mol. The van der Waals surface area contributed by atoms with E-state index in [0.717, 1.165) is 21.8 Å². The van der Waals surface area contributed by atoms with E-state index in [1.54, 1.807) is 94.7 Å². The molecule has 27 nitrogen and oxygen atoms in total. The number of thiol groups is 2. The van der Waals surface area contributed by atoms with Gasteiger partial charge in [-0.15, -0.1) is 0 Å². The van der Waals surface area contributed by atoms with Crippen molar-refractivity contribution in [3.63, 3.8) is 0 Å². The molecule has 3 aromatic carbocycles. The van der Waals surface area contributed by atoms with Crippen LogP contribution in [0.5, 0.6) is 0 Å². The Hall–Kier alpha value is -8.96. The van der Waals surface area contributed by atoms with Crippen molar-refractivity contribution in [3.8, 4) is 0 Å². The average molecular weight is 1300 g/mol. The summed E-state index contributed by atoms with van der Waals surface area (Å²) in [6, 6.07) is 10.2. The predicted octanol–water partition coefficient (Wildman–Crippen LogP) is 0.131. The van der Waals surface area contributed by atoms with E-state index >= 15 is 0 Å². The summed E-state index contributed by atoms with van der Waals surface area (Å²) < 4.78 is 0. The molecule has 490 valence electrons. The van der Waals surface area contributed by atoms with Gasteiger partial charge in [-0.2, -0.15) is 25.3 Å². The van der Waals surface area contributed by atoms with Crippen molar-refractivity contribution in [2.24, 2.45) is 17.6 Å². The Balaban J connectivity index is 1.17. The SMILES string of the molecule is CC(C)[C@H](NC(=O)[C@H](CCC(=O)O)NC(=O)[C@@H](N)CS)C(=O)N[C@@H](Cc1c[nH]c2ccccc12)C(=O)NCC(=O)N[C@@H](Cc1ccccc1)C(=O)N[C@H](C(=O)N1CCC[C@H]1C(=O)N[C@@H](Cc1c[nH]c2ccccc12)C(=O)N[C@@H](C)C(=O)N[C@@H](CS)C(=O)O)C(C)C. The summed E-state index contributed by atoms with van der Waals surface area (Å²) in [4.78, 5) is 171. The molecular formula is C62H81N13O14S2. The van der Waals surface area contributed by atoms with Gasteiger partial charge in [-0.05, 0) is 66.8 Å². The molecule has 0 spiro atoms. The van der Waals surface area contributed by atoms with Gasteiger partial charge in [-0.25, -0.2) is 4.79 Å². The number of carboxylic acids is 2. The first kappa shape index (κ1) is 71.1. The Morgan fingerprint density at radius 3 is 1.64 bits per heavy atom. The van der Waals surface area contributed by atoms with E-state index in [4.69, 9.17) is 5.73 Å². The van der Waals surface area contributed by atoms with Gasteiger partial charge in [0.1, 0.15) is 54.4 Å². The van der Waals surface area contributed by atoms with E-state index in [1.165, 1.54) is 11.8 Å². The lowest BCUT2D eigenvalue weighted by Crippen LogP contribution is -2.60. The minimum Gasteiger partial charge on any atom is -0.481 e. The maximum Gasteiger partial charge on any atom is 0.327 e. The van der Waals surface area contributed by atoms with Gasteiger partial charge in [0.15, 0.2) is 0 Å². The lowest BCUT2D eigenvalue weighted by molar-refractivity contribution is -0.143. The number of carboxylic acid groups (broad SMARTS) is 2. The maximum atomic E-state index is 14.8. The molecule has 15 N–H and O–H groups in total. The number of nitrogens with zero attached hydrogens (tertiary/aromatic N) is 1. The van der Waals surface area contributed by atoms with Gasteiger partial charge in [0.25, 0.3) is 0 Å². The highest BCUT2D eigenvalue weighted by atomic mass is 32.1. The first-order valence-corrected chi connectivity index (χ1v) is 31.1. The molecule has 2 aromatic heterocycles. The molecule has 10 atom stereocenters. The van der Waals surface area contributed by atoms with Crippen molar-refractivity contribution in [2.45, 2.75) is 140 Å². The molecule has 5 aromatic rings. The number of aromatic nitrogens is 2. The fraction of sp³-hybridized carbons (Fsp3) is 0.452. The highest BCUT2D eigenvalue weighted by molar-refractivity contribution is 7.80. The first-order valence-electron chi connectivity index (χ1n) is 29.9. The van der Waals surface area contributed by atoms with Gasteiger partial charge < -0.3 is 78.7 Å². The lowest BCUT2D eigenvalue weighted by Gasteiger charge is -2.32. The van der Waals surface area contributed by atoms with Gasteiger partial charge in [0.2, 0.25) is 59.1 Å². The van der Waals surface area contributed by atoms with E-state index in [0.29, 0.717) is 23.1 Å². The summed E-state index contributed by atoms with van der Waals surface area (Å²) in [5, 5.41) is 43.8. The molecule has 0 saturated carbocycles. The number of fused-ring (bicyclic) bond motifs is 2. The number of para-hydroxylation sites is 2. The summed E-state index contributed by atoms with van der Waals surface area (Å²) in [6.07, 6.45) is 2.76. The van der Waals surface area contributed by atoms with E-state index in [2.05, 4.69) is 83.1 Å². The van der Waals surface area contributed by atoms with Crippen molar-refractivity contribution >= 4 is 118 Å². The third-order valence-corrected chi connectivity index (χ3v) is 16.3. The number of hydrogen-bond acceptors (Lipinski definition) is 15. The fourth-order valence-electron chi connectivity index (χ4n) is 10.4. The standard InChI is InChI=1S/C62H81N13O14S2/c1-32(2)51(73-56(82)43(21-22-50(77)78)69-54(80)40(63)30-90)60(86)71-45(25-36-27-64-41-18-11-9-16-38(36)41)55(81)66-29-49(76)68-44(24-35-14-7-6-8-15-35)58(84)74-52(33(3)4)61(87)75-23-13-20-48(75)59(85)70-46(26-37-28-65-42-19-12-10-17-39(37)42)57(83)67-34(5)53(79)72-47(31-91)62(88)89/h6-12,14-19,27-28,32-34,40,43-48,51-52,64-65,90-91H,13,20-26,29-31,63H2,1-5H3,(H,66,81)(H,67,83)(H,68,76)(H,69,80)(H,70,85)(H,71,86)(H,72,79)(H,73,82)(H,74,84)(H,77,78)(H,88,89)/t34-,40-,43-,44-,45-,46-,47-,48-,51-,52-/m0/s1. The molecule has 1 aliphatic rings. The average Bonchev–Trinajstić information content (AvgIpc) is 1.90. The predicted molar refractivity (Wildman–Crippen MR) is 343 cm³/mol. The van der Waals surface area contributed by atoms with Crippen LogP contribution in [0.2, 0.25) is 0 Å². The fourth-order valence-corrected chi connectivity index (χ4v) is 10.8. The van der Waals surface area contributed by atoms with Crippen LogP contribution in [-0.2, 0) is 76.8 Å². The van der Waals surface area contributed by atoms with Gasteiger partial charge in [0.05, 0.1) is 12.6 Å².